The number of hydrogen-bond donors (Lipinski definition) is 3. The van der Waals surface area contributed by atoms with Crippen LogP contribution in [0, 0.1) is 0 Å². The molecule has 4 aromatic rings. The summed E-state index contributed by atoms with van der Waals surface area (Å²) in [6.45, 7) is 6.12. The maximum Gasteiger partial charge on any atom is 0.222 e. The zero-order chi connectivity index (χ0) is 24.2. The average Bonchev–Trinajstić information content (AvgIpc) is 3.61. The highest BCUT2D eigenvalue weighted by molar-refractivity contribution is 5.86. The van der Waals surface area contributed by atoms with Crippen LogP contribution in [0.4, 0.5) is 11.8 Å². The van der Waals surface area contributed by atoms with E-state index in [1.54, 1.807) is 6.33 Å². The first-order chi connectivity index (χ1) is 17.2. The lowest BCUT2D eigenvalue weighted by molar-refractivity contribution is 0.189. The lowest BCUT2D eigenvalue weighted by atomic mass is 10.2. The fraction of sp³-hybridized carbons (Fsp3) is 0.522. The standard InChI is InChI=1S/C23H32N10O2/c1-2-3-7-31(8-9-34)22-20-19(28-23(24)29-22)13-32(30-20)12-16-4-5-18(33-21(16)26-15-27-33)11-25-17-6-10-35-14-17/h4-5,13,15,17,25,34H,2-3,6-12,14H2,1H3,(H2,24,28)/t17-/m1/s1. The van der Waals surface area contributed by atoms with Crippen molar-refractivity contribution in [3.05, 3.63) is 35.9 Å². The molecule has 1 saturated heterocycles. The third-order valence-corrected chi connectivity index (χ3v) is 6.28. The minimum absolute atomic E-state index is 0.0235. The molecule has 0 unspecified atom stereocenters. The number of hydrogen-bond acceptors (Lipinski definition) is 10. The number of nitrogens with two attached hydrogens (primary N) is 1. The van der Waals surface area contributed by atoms with Crippen LogP contribution in [-0.2, 0) is 17.8 Å². The number of nitrogen functional groups attached to an aromatic ring is 1. The number of aliphatic hydroxyl groups excluding tert-OH is 1. The molecule has 1 aliphatic heterocycles. The van der Waals surface area contributed by atoms with Gasteiger partial charge in [-0.3, -0.25) is 4.68 Å². The molecule has 35 heavy (non-hydrogen) atoms. The van der Waals surface area contributed by atoms with E-state index in [0.717, 1.165) is 55.9 Å². The lowest BCUT2D eigenvalue weighted by Crippen LogP contribution is -2.29. The number of anilines is 2. The number of ether oxygens (including phenoxy) is 1. The predicted octanol–water partition coefficient (Wildman–Crippen LogP) is 0.977. The van der Waals surface area contributed by atoms with Gasteiger partial charge in [-0.2, -0.15) is 15.2 Å². The van der Waals surface area contributed by atoms with E-state index in [4.69, 9.17) is 15.6 Å². The van der Waals surface area contributed by atoms with Crippen molar-refractivity contribution in [1.82, 2.24) is 39.7 Å². The number of fused-ring (bicyclic) bond motifs is 2. The maximum absolute atomic E-state index is 9.57. The number of nitrogens with zero attached hydrogens (tertiary/aromatic N) is 8. The van der Waals surface area contributed by atoms with Gasteiger partial charge in [0.2, 0.25) is 5.95 Å². The second-order valence-electron chi connectivity index (χ2n) is 8.82. The van der Waals surface area contributed by atoms with Crippen molar-refractivity contribution < 1.29 is 9.84 Å². The Kier molecular flexibility index (Phi) is 7.02. The third kappa shape index (κ3) is 5.04. The molecule has 0 saturated carbocycles. The minimum atomic E-state index is 0.0235. The normalized spacial score (nSPS) is 16.0. The SMILES string of the molecule is CCCCN(CCO)c1nc(N)nc2cn(Cc3ccc(CN[C@@H]4CCOC4)n4ncnc34)nc12. The van der Waals surface area contributed by atoms with Crippen LogP contribution in [0.1, 0.15) is 37.4 Å². The van der Waals surface area contributed by atoms with Gasteiger partial charge in [-0.25, -0.2) is 14.5 Å². The van der Waals surface area contributed by atoms with E-state index in [1.807, 2.05) is 20.3 Å². The van der Waals surface area contributed by atoms with E-state index < -0.39 is 0 Å². The van der Waals surface area contributed by atoms with E-state index in [0.29, 0.717) is 42.5 Å². The highest BCUT2D eigenvalue weighted by Gasteiger charge is 2.19. The molecule has 12 heteroatoms. The Morgan fingerprint density at radius 1 is 1.29 bits per heavy atom. The highest BCUT2D eigenvalue weighted by atomic mass is 16.5. The molecule has 4 aromatic heterocycles. The van der Waals surface area contributed by atoms with Crippen LogP contribution in [0.15, 0.2) is 24.7 Å². The van der Waals surface area contributed by atoms with Crippen LogP contribution < -0.4 is 16.0 Å². The van der Waals surface area contributed by atoms with Crippen molar-refractivity contribution in [3.63, 3.8) is 0 Å². The Balaban J connectivity index is 1.42. The van der Waals surface area contributed by atoms with Crippen molar-refractivity contribution in [2.75, 3.05) is 43.5 Å². The second kappa shape index (κ2) is 10.5. The summed E-state index contributed by atoms with van der Waals surface area (Å²) >= 11 is 0. The smallest absolute Gasteiger partial charge is 0.222 e. The van der Waals surface area contributed by atoms with E-state index in [2.05, 4.69) is 44.4 Å². The number of aliphatic hydroxyl groups is 1. The first kappa shape index (κ1) is 23.4. The maximum atomic E-state index is 9.57. The molecule has 1 atom stereocenters. The first-order valence-corrected chi connectivity index (χ1v) is 12.1. The summed E-state index contributed by atoms with van der Waals surface area (Å²) in [6, 6.07) is 4.51. The Bertz CT molecular complexity index is 1280. The summed E-state index contributed by atoms with van der Waals surface area (Å²) in [6.07, 6.45) is 6.48. The van der Waals surface area contributed by atoms with E-state index >= 15 is 0 Å². The van der Waals surface area contributed by atoms with E-state index in [1.165, 1.54) is 0 Å². The van der Waals surface area contributed by atoms with Gasteiger partial charge in [0.1, 0.15) is 11.8 Å². The number of aromatic nitrogens is 7. The van der Waals surface area contributed by atoms with Gasteiger partial charge in [-0.1, -0.05) is 19.4 Å². The Hall–Kier alpha value is -3.35. The van der Waals surface area contributed by atoms with Gasteiger partial charge in [-0.15, -0.1) is 0 Å². The van der Waals surface area contributed by atoms with Gasteiger partial charge in [0.05, 0.1) is 31.6 Å². The van der Waals surface area contributed by atoms with Crippen LogP contribution in [0.2, 0.25) is 0 Å². The Morgan fingerprint density at radius 2 is 2.20 bits per heavy atom. The lowest BCUT2D eigenvalue weighted by Gasteiger charge is -2.22. The van der Waals surface area contributed by atoms with E-state index in [-0.39, 0.29) is 12.6 Å². The summed E-state index contributed by atoms with van der Waals surface area (Å²) in [5, 5.41) is 22.3. The summed E-state index contributed by atoms with van der Waals surface area (Å²) in [5.74, 6) is 0.842. The third-order valence-electron chi connectivity index (χ3n) is 6.28. The first-order valence-electron chi connectivity index (χ1n) is 12.1. The fourth-order valence-electron chi connectivity index (χ4n) is 4.45. The quantitative estimate of drug-likeness (QED) is 0.284. The zero-order valence-electron chi connectivity index (χ0n) is 20.0. The minimum Gasteiger partial charge on any atom is -0.395 e. The van der Waals surface area contributed by atoms with Gasteiger partial charge in [0, 0.05) is 37.8 Å². The summed E-state index contributed by atoms with van der Waals surface area (Å²) < 4.78 is 9.16. The molecular formula is C23H32N10O2. The summed E-state index contributed by atoms with van der Waals surface area (Å²) in [4.78, 5) is 15.4. The topological polar surface area (TPSA) is 145 Å². The second-order valence-corrected chi connectivity index (χ2v) is 8.82. The predicted molar refractivity (Wildman–Crippen MR) is 132 cm³/mol. The van der Waals surface area contributed by atoms with Gasteiger partial charge in [-0.05, 0) is 18.9 Å². The van der Waals surface area contributed by atoms with Crippen molar-refractivity contribution in [2.45, 2.75) is 45.3 Å². The molecule has 0 aromatic carbocycles. The van der Waals surface area contributed by atoms with Crippen molar-refractivity contribution >= 4 is 28.4 Å². The number of pyridine rings is 1. The van der Waals surface area contributed by atoms with Crippen LogP contribution >= 0.6 is 0 Å². The molecular weight excluding hydrogens is 448 g/mol. The monoisotopic (exact) mass is 480 g/mol. The molecule has 5 heterocycles. The van der Waals surface area contributed by atoms with Gasteiger partial charge >= 0.3 is 0 Å². The Morgan fingerprint density at radius 3 is 3.00 bits per heavy atom. The fourth-order valence-corrected chi connectivity index (χ4v) is 4.45. The number of rotatable bonds is 11. The van der Waals surface area contributed by atoms with Crippen LogP contribution in [-0.4, -0.2) is 78.4 Å². The Labute approximate surface area is 203 Å². The van der Waals surface area contributed by atoms with Gasteiger partial charge < -0.3 is 25.8 Å². The van der Waals surface area contributed by atoms with Crippen LogP contribution in [0.3, 0.4) is 0 Å². The molecule has 5 rings (SSSR count). The average molecular weight is 481 g/mol. The molecule has 0 amide bonds. The highest BCUT2D eigenvalue weighted by Crippen LogP contribution is 2.24. The molecule has 186 valence electrons. The van der Waals surface area contributed by atoms with Crippen LogP contribution in [0.5, 0.6) is 0 Å². The molecule has 4 N–H and O–H groups in total. The largest absolute Gasteiger partial charge is 0.395 e. The van der Waals surface area contributed by atoms with Crippen LogP contribution in [0.25, 0.3) is 16.7 Å². The molecule has 1 aliphatic rings. The molecule has 1 fully saturated rings. The molecule has 0 aliphatic carbocycles. The molecule has 12 nitrogen and oxygen atoms in total. The number of nitrogens with one attached hydrogen (secondary N) is 1. The van der Waals surface area contributed by atoms with Gasteiger partial charge in [0.25, 0.3) is 0 Å². The van der Waals surface area contributed by atoms with Gasteiger partial charge in [0.15, 0.2) is 17.0 Å². The van der Waals surface area contributed by atoms with Crippen molar-refractivity contribution in [1.29, 1.82) is 0 Å². The summed E-state index contributed by atoms with van der Waals surface area (Å²) in [7, 11) is 0. The molecule has 0 radical (unpaired) electrons. The van der Waals surface area contributed by atoms with Crippen molar-refractivity contribution in [2.24, 2.45) is 0 Å². The molecule has 0 spiro atoms. The van der Waals surface area contributed by atoms with E-state index in [9.17, 15) is 5.11 Å². The van der Waals surface area contributed by atoms with Crippen molar-refractivity contribution in [3.8, 4) is 0 Å². The zero-order valence-corrected chi connectivity index (χ0v) is 20.0. The number of unbranched alkanes of at least 4 members (excludes halogenated alkanes) is 1. The molecule has 0 bridgehead atoms. The summed E-state index contributed by atoms with van der Waals surface area (Å²) in [5.41, 5.74) is 10.2.